The summed E-state index contributed by atoms with van der Waals surface area (Å²) in [5, 5.41) is 10.2. The fourth-order valence-corrected chi connectivity index (χ4v) is 5.69. The number of hydrogen-bond acceptors (Lipinski definition) is 9. The van der Waals surface area contributed by atoms with Crippen molar-refractivity contribution < 1.29 is 28.8 Å². The number of carbonyl (C=O) groups is 1. The van der Waals surface area contributed by atoms with Crippen LogP contribution in [0.25, 0.3) is 6.08 Å². The van der Waals surface area contributed by atoms with Crippen LogP contribution in [0.5, 0.6) is 23.0 Å². The number of benzene rings is 2. The van der Waals surface area contributed by atoms with Crippen LogP contribution in [0.15, 0.2) is 51.4 Å². The minimum absolute atomic E-state index is 0.0854. The number of aromatic nitrogens is 1. The molecule has 1 aliphatic rings. The molecule has 1 atom stereocenters. The van der Waals surface area contributed by atoms with Crippen LogP contribution in [0.2, 0.25) is 5.02 Å². The van der Waals surface area contributed by atoms with Crippen LogP contribution in [0, 0.1) is 0 Å². The van der Waals surface area contributed by atoms with Gasteiger partial charge in [-0.3, -0.25) is 9.36 Å². The molecule has 11 heteroatoms. The van der Waals surface area contributed by atoms with Gasteiger partial charge in [-0.05, 0) is 55.3 Å². The Balaban J connectivity index is 2.06. The molecule has 1 aromatic heterocycles. The van der Waals surface area contributed by atoms with Gasteiger partial charge in [-0.2, -0.15) is 0 Å². The Hall–Kier alpha value is -3.76. The van der Waals surface area contributed by atoms with E-state index < -0.39 is 12.0 Å². The summed E-state index contributed by atoms with van der Waals surface area (Å²) in [6.45, 7) is 3.88. The first-order valence-corrected chi connectivity index (χ1v) is 13.5. The van der Waals surface area contributed by atoms with Crippen LogP contribution in [0.1, 0.15) is 43.9 Å². The van der Waals surface area contributed by atoms with Gasteiger partial charge in [0.05, 0.1) is 48.8 Å². The summed E-state index contributed by atoms with van der Waals surface area (Å²) in [6.07, 6.45) is 2.88. The number of carbonyl (C=O) groups excluding carboxylic acids is 1. The first kappa shape index (κ1) is 28.3. The second-order valence-electron chi connectivity index (χ2n) is 8.58. The van der Waals surface area contributed by atoms with E-state index in [4.69, 9.17) is 35.5 Å². The Bertz CT molecular complexity index is 1620. The average Bonchev–Trinajstić information content (AvgIpc) is 3.23. The molecular weight excluding hydrogens is 544 g/mol. The zero-order valence-electron chi connectivity index (χ0n) is 22.2. The molecule has 0 radical (unpaired) electrons. The second kappa shape index (κ2) is 12.0. The van der Waals surface area contributed by atoms with Crippen LogP contribution in [0.4, 0.5) is 0 Å². The maximum Gasteiger partial charge on any atom is 0.338 e. The van der Waals surface area contributed by atoms with Crippen molar-refractivity contribution in [3.05, 3.63) is 77.4 Å². The van der Waals surface area contributed by atoms with E-state index in [9.17, 15) is 14.7 Å². The van der Waals surface area contributed by atoms with E-state index in [1.54, 1.807) is 44.4 Å². The van der Waals surface area contributed by atoms with Gasteiger partial charge in [-0.15, -0.1) is 0 Å². The van der Waals surface area contributed by atoms with E-state index in [2.05, 4.69) is 0 Å². The highest BCUT2D eigenvalue weighted by molar-refractivity contribution is 7.07. The van der Waals surface area contributed by atoms with Crippen LogP contribution in [-0.2, 0) is 9.53 Å². The smallest absolute Gasteiger partial charge is 0.338 e. The monoisotopic (exact) mass is 572 g/mol. The van der Waals surface area contributed by atoms with Gasteiger partial charge in [0.1, 0.15) is 17.5 Å². The normalized spacial score (nSPS) is 15.0. The Morgan fingerprint density at radius 2 is 1.87 bits per heavy atom. The molecule has 0 saturated carbocycles. The quantitative estimate of drug-likeness (QED) is 0.387. The Labute approximate surface area is 234 Å². The van der Waals surface area contributed by atoms with Crippen molar-refractivity contribution in [1.29, 1.82) is 0 Å². The minimum Gasteiger partial charge on any atom is -0.503 e. The molecule has 3 aromatic rings. The molecule has 9 nitrogen and oxygen atoms in total. The van der Waals surface area contributed by atoms with Gasteiger partial charge in [0, 0.05) is 5.56 Å². The topological polar surface area (TPSA) is 109 Å². The predicted molar refractivity (Wildman–Crippen MR) is 149 cm³/mol. The Kier molecular flexibility index (Phi) is 8.66. The number of thiazole rings is 1. The number of aromatic hydroxyl groups is 1. The summed E-state index contributed by atoms with van der Waals surface area (Å²) in [4.78, 5) is 32.6. The Morgan fingerprint density at radius 1 is 1.13 bits per heavy atom. The van der Waals surface area contributed by atoms with E-state index >= 15 is 0 Å². The molecule has 0 amide bonds. The van der Waals surface area contributed by atoms with Gasteiger partial charge in [0.2, 0.25) is 0 Å². The van der Waals surface area contributed by atoms with E-state index in [1.165, 1.54) is 36.2 Å². The van der Waals surface area contributed by atoms with Crippen molar-refractivity contribution in [3.63, 3.8) is 0 Å². The summed E-state index contributed by atoms with van der Waals surface area (Å²) in [5.41, 5.74) is 1.57. The summed E-state index contributed by atoms with van der Waals surface area (Å²) in [6, 6.07) is 7.47. The number of nitrogens with zero attached hydrogens (tertiary/aromatic N) is 2. The maximum atomic E-state index is 14.0. The number of esters is 1. The molecule has 0 spiro atoms. The van der Waals surface area contributed by atoms with Crippen LogP contribution < -0.4 is 29.1 Å². The maximum absolute atomic E-state index is 14.0. The highest BCUT2D eigenvalue weighted by atomic mass is 35.5. The third-order valence-corrected chi connectivity index (χ3v) is 7.46. The third-order valence-electron chi connectivity index (χ3n) is 6.19. The van der Waals surface area contributed by atoms with Crippen LogP contribution in [-0.4, -0.2) is 43.6 Å². The lowest BCUT2D eigenvalue weighted by Crippen LogP contribution is -2.40. The lowest BCUT2D eigenvalue weighted by molar-refractivity contribution is -0.139. The summed E-state index contributed by atoms with van der Waals surface area (Å²) < 4.78 is 23.6. The molecule has 39 heavy (non-hydrogen) atoms. The van der Waals surface area contributed by atoms with E-state index in [-0.39, 0.29) is 34.3 Å². The fourth-order valence-electron chi connectivity index (χ4n) is 4.45. The molecule has 0 saturated heterocycles. The number of rotatable bonds is 9. The summed E-state index contributed by atoms with van der Waals surface area (Å²) >= 11 is 7.36. The lowest BCUT2D eigenvalue weighted by atomic mass is 9.93. The lowest BCUT2D eigenvalue weighted by Gasteiger charge is -2.27. The molecule has 0 aliphatic carbocycles. The van der Waals surface area contributed by atoms with Gasteiger partial charge < -0.3 is 24.1 Å². The molecule has 1 N–H and O–H groups in total. The van der Waals surface area contributed by atoms with Gasteiger partial charge in [-0.1, -0.05) is 36.3 Å². The molecule has 0 bridgehead atoms. The SMILES string of the molecule is CCCC1=C(C(=O)OCC)[C@@H](c2cc(OC)ccc2OC)n2c(s/c(=C\c3cc(Cl)c(O)c(OC)c3)c2=O)=N1. The molecular formula is C28H29ClN2O7S. The number of ether oxygens (including phenoxy) is 4. The van der Waals surface area contributed by atoms with Crippen molar-refractivity contribution in [2.24, 2.45) is 4.99 Å². The number of phenolic OH excluding ortho intramolecular Hbond substituents is 1. The first-order valence-electron chi connectivity index (χ1n) is 12.3. The van der Waals surface area contributed by atoms with Gasteiger partial charge in [0.25, 0.3) is 5.56 Å². The van der Waals surface area contributed by atoms with Crippen LogP contribution in [0.3, 0.4) is 0 Å². The third kappa shape index (κ3) is 5.39. The largest absolute Gasteiger partial charge is 0.503 e. The standard InChI is InChI=1S/C28H29ClN2O7S/c1-6-8-19-23(27(34)38-7-2)24(17-14-16(35-3)9-10-20(17)36-4)31-26(33)22(39-28(31)30-19)13-15-11-18(29)25(32)21(12-15)37-5/h9-14,24,32H,6-8H2,1-5H3/b22-13-/t24-/m1/s1. The van der Waals surface area contributed by atoms with Crippen molar-refractivity contribution >= 4 is 35.0 Å². The van der Waals surface area contributed by atoms with Crippen molar-refractivity contribution in [2.75, 3.05) is 27.9 Å². The zero-order chi connectivity index (χ0) is 28.3. The summed E-state index contributed by atoms with van der Waals surface area (Å²) in [7, 11) is 4.48. The highest BCUT2D eigenvalue weighted by Gasteiger charge is 2.36. The molecule has 1 aliphatic heterocycles. The molecule has 0 unspecified atom stereocenters. The molecule has 4 rings (SSSR count). The number of fused-ring (bicyclic) bond motifs is 1. The van der Waals surface area contributed by atoms with Crippen molar-refractivity contribution in [3.8, 4) is 23.0 Å². The van der Waals surface area contributed by atoms with E-state index in [0.29, 0.717) is 44.1 Å². The second-order valence-corrected chi connectivity index (χ2v) is 9.99. The molecule has 0 fully saturated rings. The minimum atomic E-state index is -0.869. The van der Waals surface area contributed by atoms with Gasteiger partial charge >= 0.3 is 5.97 Å². The van der Waals surface area contributed by atoms with Crippen molar-refractivity contribution in [2.45, 2.75) is 32.7 Å². The van der Waals surface area contributed by atoms with Crippen molar-refractivity contribution in [1.82, 2.24) is 4.57 Å². The predicted octanol–water partition coefficient (Wildman–Crippen LogP) is 3.96. The number of phenols is 1. The first-order chi connectivity index (χ1) is 18.8. The number of allylic oxidation sites excluding steroid dienone is 1. The number of halogens is 1. The van der Waals surface area contributed by atoms with Gasteiger partial charge in [0.15, 0.2) is 16.3 Å². The van der Waals surface area contributed by atoms with E-state index in [1.807, 2.05) is 6.92 Å². The average molecular weight is 573 g/mol. The molecule has 206 valence electrons. The number of methoxy groups -OCH3 is 3. The van der Waals surface area contributed by atoms with Crippen LogP contribution >= 0.6 is 22.9 Å². The van der Waals surface area contributed by atoms with Gasteiger partial charge in [-0.25, -0.2) is 9.79 Å². The zero-order valence-corrected chi connectivity index (χ0v) is 23.8. The Morgan fingerprint density at radius 3 is 2.51 bits per heavy atom. The molecule has 2 aromatic carbocycles. The van der Waals surface area contributed by atoms with E-state index in [0.717, 1.165) is 6.42 Å². The summed E-state index contributed by atoms with van der Waals surface area (Å²) in [5.74, 6) is 0.450. The number of hydrogen-bond donors (Lipinski definition) is 1. The fraction of sp³-hybridized carbons (Fsp3) is 0.321. The highest BCUT2D eigenvalue weighted by Crippen LogP contribution is 2.39. The molecule has 2 heterocycles.